The number of imidazole rings is 1. The van der Waals surface area contributed by atoms with Crippen molar-refractivity contribution in [1.82, 2.24) is 24.8 Å². The highest BCUT2D eigenvalue weighted by atomic mass is 32.2. The third kappa shape index (κ3) is 8.14. The van der Waals surface area contributed by atoms with Gasteiger partial charge in [-0.1, -0.05) is 102 Å². The summed E-state index contributed by atoms with van der Waals surface area (Å²) in [7, 11) is 1.35. The number of hydrogen-bond acceptors (Lipinski definition) is 11. The molecule has 1 saturated heterocycles. The van der Waals surface area contributed by atoms with Gasteiger partial charge in [0.15, 0.2) is 10.8 Å². The second-order valence-corrected chi connectivity index (χ2v) is 16.3. The molecule has 7 rings (SSSR count). The normalized spacial score (nSPS) is 17.2. The van der Waals surface area contributed by atoms with Crippen LogP contribution in [0, 0.1) is 6.92 Å². The van der Waals surface area contributed by atoms with E-state index in [1.807, 2.05) is 84.4 Å². The van der Waals surface area contributed by atoms with E-state index in [-0.39, 0.29) is 17.1 Å². The summed E-state index contributed by atoms with van der Waals surface area (Å²) in [4.78, 5) is 57.8. The first-order valence-corrected chi connectivity index (χ1v) is 20.3. The van der Waals surface area contributed by atoms with Crippen molar-refractivity contribution in [2.45, 2.75) is 57.5 Å². The van der Waals surface area contributed by atoms with Crippen LogP contribution in [0.1, 0.15) is 49.0 Å². The summed E-state index contributed by atoms with van der Waals surface area (Å²) in [5, 5.41) is 12.9. The highest BCUT2D eigenvalue weighted by molar-refractivity contribution is 8.03. The number of β-lactam (4-membered cyclic amide) rings is 1. The molecule has 0 bridgehead atoms. The maximum Gasteiger partial charge on any atom is 0.356 e. The van der Waals surface area contributed by atoms with Gasteiger partial charge in [-0.2, -0.15) is 0 Å². The molecule has 57 heavy (non-hydrogen) atoms. The molecule has 2 atom stereocenters. The minimum absolute atomic E-state index is 0.0948. The Morgan fingerprint density at radius 1 is 0.965 bits per heavy atom. The van der Waals surface area contributed by atoms with Crippen molar-refractivity contribution >= 4 is 51.7 Å². The van der Waals surface area contributed by atoms with Gasteiger partial charge in [0.25, 0.3) is 11.8 Å². The van der Waals surface area contributed by atoms with Crippen LogP contribution in [0.15, 0.2) is 137 Å². The van der Waals surface area contributed by atoms with Gasteiger partial charge in [0.2, 0.25) is 0 Å². The zero-order valence-electron chi connectivity index (χ0n) is 32.2. The van der Waals surface area contributed by atoms with Gasteiger partial charge >= 0.3 is 5.97 Å². The van der Waals surface area contributed by atoms with Crippen LogP contribution >= 0.6 is 23.1 Å². The Labute approximate surface area is 339 Å². The summed E-state index contributed by atoms with van der Waals surface area (Å²) in [6.45, 7) is 7.78. The van der Waals surface area contributed by atoms with Crippen molar-refractivity contribution in [3.05, 3.63) is 160 Å². The van der Waals surface area contributed by atoms with Gasteiger partial charge in [0, 0.05) is 35.0 Å². The summed E-state index contributed by atoms with van der Waals surface area (Å²) < 4.78 is 7.72. The summed E-state index contributed by atoms with van der Waals surface area (Å²) in [6.07, 6.45) is 7.34. The number of thioether (sulfide) groups is 1. The number of aromatic nitrogens is 3. The fourth-order valence-corrected chi connectivity index (χ4v) is 8.87. The van der Waals surface area contributed by atoms with Gasteiger partial charge in [0.1, 0.15) is 41.5 Å². The van der Waals surface area contributed by atoms with Crippen molar-refractivity contribution in [2.75, 3.05) is 18.2 Å². The van der Waals surface area contributed by atoms with Crippen LogP contribution in [-0.4, -0.2) is 73.5 Å². The Morgan fingerprint density at radius 2 is 1.58 bits per heavy atom. The molecule has 2 aliphatic heterocycles. The second kappa shape index (κ2) is 16.6. The number of benzene rings is 3. The quantitative estimate of drug-likeness (QED) is 0.0440. The minimum atomic E-state index is -0.915. The number of fused-ring (bicyclic) bond motifs is 1. The lowest BCUT2D eigenvalue weighted by atomic mass is 9.77. The van der Waals surface area contributed by atoms with Gasteiger partial charge < -0.3 is 24.8 Å². The average Bonchev–Trinajstić information content (AvgIpc) is 3.86. The molecule has 2 N–H and O–H groups in total. The van der Waals surface area contributed by atoms with E-state index >= 15 is 0 Å². The number of rotatable bonds is 13. The highest BCUT2D eigenvalue weighted by Gasteiger charge is 2.54. The van der Waals surface area contributed by atoms with Gasteiger partial charge in [-0.3, -0.25) is 14.5 Å². The molecule has 1 fully saturated rings. The van der Waals surface area contributed by atoms with Crippen molar-refractivity contribution in [1.29, 1.82) is 0 Å². The molecular weight excluding hydrogens is 759 g/mol. The Bertz CT molecular complexity index is 2240. The number of allylic oxidation sites excluding steroid dienone is 2. The van der Waals surface area contributed by atoms with Crippen LogP contribution in [0.2, 0.25) is 0 Å². The zero-order valence-corrected chi connectivity index (χ0v) is 33.8. The minimum Gasteiger partial charge on any atom is -0.455 e. The van der Waals surface area contributed by atoms with Gasteiger partial charge in [-0.25, -0.2) is 14.8 Å². The standard InChI is InChI=1S/C43H43N7O5S2/c1-28-44-23-25-49(28)24-15-22-34-37(40(53)55-42(2,3)4)50-33(27-56-34)36(39(50)52)46-38(51)35(48-54-5)32-26-57-41(45-32)47-43(29-16-9-6-10-17-29,30-18-11-7-12-19-30)31-20-13-8-14-21-31/h6-23,25-26,33,36H,24,27H2,1-5H3,(H,45,47)(H,46,51)/b22-15+,48-35?/t33-,36+/m1/s1. The zero-order chi connectivity index (χ0) is 40.2. The first kappa shape index (κ1) is 39.3. The molecule has 14 heteroatoms. The smallest absolute Gasteiger partial charge is 0.356 e. The maximum absolute atomic E-state index is 14.0. The lowest BCUT2D eigenvalue weighted by Gasteiger charge is -2.50. The number of aryl methyl sites for hydroxylation is 1. The molecule has 0 saturated carbocycles. The fourth-order valence-electron chi connectivity index (χ4n) is 6.92. The van der Waals surface area contributed by atoms with Crippen molar-refractivity contribution < 1.29 is 24.0 Å². The van der Waals surface area contributed by atoms with Crippen molar-refractivity contribution in [2.24, 2.45) is 5.16 Å². The van der Waals surface area contributed by atoms with E-state index in [0.29, 0.717) is 22.3 Å². The average molecular weight is 802 g/mol. The van der Waals surface area contributed by atoms with Gasteiger partial charge in [-0.05, 0) is 50.5 Å². The molecule has 2 amide bonds. The van der Waals surface area contributed by atoms with E-state index in [1.54, 1.807) is 32.3 Å². The number of amides is 2. The molecule has 0 radical (unpaired) electrons. The SMILES string of the molecule is CON=C(C(=O)N[C@@H]1C(=O)N2C(C(=O)OC(C)(C)C)=C(/C=C/Cn3ccnc3C)SC[C@H]12)c1csc(NC(c2ccccc2)(c2ccccc2)c2ccccc2)n1. The maximum atomic E-state index is 14.0. The predicted octanol–water partition coefficient (Wildman–Crippen LogP) is 6.65. The molecule has 292 valence electrons. The number of anilines is 1. The Kier molecular flexibility index (Phi) is 11.4. The summed E-state index contributed by atoms with van der Waals surface area (Å²) in [5.41, 5.74) is 1.67. The van der Waals surface area contributed by atoms with E-state index in [9.17, 15) is 14.4 Å². The van der Waals surface area contributed by atoms with E-state index in [1.165, 1.54) is 35.1 Å². The van der Waals surface area contributed by atoms with Crippen LogP contribution in [0.25, 0.3) is 0 Å². The van der Waals surface area contributed by atoms with Crippen LogP contribution in [0.4, 0.5) is 5.13 Å². The van der Waals surface area contributed by atoms with E-state index < -0.39 is 41.0 Å². The topological polar surface area (TPSA) is 140 Å². The third-order valence-electron chi connectivity index (χ3n) is 9.54. The van der Waals surface area contributed by atoms with Crippen LogP contribution < -0.4 is 10.6 Å². The number of hydrogen-bond donors (Lipinski definition) is 2. The molecule has 5 aromatic rings. The molecule has 0 aliphatic carbocycles. The lowest BCUT2D eigenvalue weighted by Crippen LogP contribution is -2.73. The number of nitrogens with zero attached hydrogens (tertiary/aromatic N) is 5. The number of nitrogens with one attached hydrogen (secondary N) is 2. The number of carbonyl (C=O) groups excluding carboxylic acids is 3. The summed E-state index contributed by atoms with van der Waals surface area (Å²) >= 11 is 2.75. The molecular formula is C43H43N7O5S2. The first-order chi connectivity index (χ1) is 27.5. The third-order valence-corrected chi connectivity index (χ3v) is 11.4. The summed E-state index contributed by atoms with van der Waals surface area (Å²) in [6, 6.07) is 28.9. The van der Waals surface area contributed by atoms with Gasteiger partial charge in [-0.15, -0.1) is 23.1 Å². The Balaban J connectivity index is 1.14. The second-order valence-electron chi connectivity index (χ2n) is 14.4. The number of ether oxygens (including phenoxy) is 1. The Morgan fingerprint density at radius 3 is 2.12 bits per heavy atom. The Hall–Kier alpha value is -5.99. The molecule has 12 nitrogen and oxygen atoms in total. The molecule has 3 aromatic carbocycles. The number of oxime groups is 1. The number of carbonyl (C=O) groups is 3. The molecule has 2 aliphatic rings. The highest BCUT2D eigenvalue weighted by Crippen LogP contribution is 2.42. The van der Waals surface area contributed by atoms with E-state index in [2.05, 4.69) is 57.2 Å². The fraction of sp³-hybridized carbons (Fsp3) is 0.256. The molecule has 0 unspecified atom stereocenters. The number of thiazole rings is 1. The monoisotopic (exact) mass is 801 g/mol. The first-order valence-electron chi connectivity index (χ1n) is 18.4. The molecule has 2 aromatic heterocycles. The van der Waals surface area contributed by atoms with Crippen LogP contribution in [0.5, 0.6) is 0 Å². The van der Waals surface area contributed by atoms with Crippen LogP contribution in [-0.2, 0) is 36.0 Å². The summed E-state index contributed by atoms with van der Waals surface area (Å²) in [5.74, 6) is -0.384. The lowest BCUT2D eigenvalue weighted by molar-refractivity contribution is -0.160. The van der Waals surface area contributed by atoms with E-state index in [0.717, 1.165) is 22.5 Å². The van der Waals surface area contributed by atoms with Crippen molar-refractivity contribution in [3.63, 3.8) is 0 Å². The van der Waals surface area contributed by atoms with Gasteiger partial charge in [0.05, 0.1) is 6.04 Å². The molecule has 4 heterocycles. The van der Waals surface area contributed by atoms with Crippen LogP contribution in [0.3, 0.4) is 0 Å². The predicted molar refractivity (Wildman–Crippen MR) is 222 cm³/mol. The number of esters is 1. The molecule has 0 spiro atoms. The largest absolute Gasteiger partial charge is 0.455 e. The van der Waals surface area contributed by atoms with E-state index in [4.69, 9.17) is 14.6 Å². The van der Waals surface area contributed by atoms with Crippen molar-refractivity contribution in [3.8, 4) is 0 Å².